The topological polar surface area (TPSA) is 92.1 Å². The predicted octanol–water partition coefficient (Wildman–Crippen LogP) is 2.09. The Morgan fingerprint density at radius 2 is 1.71 bits per heavy atom. The Balaban J connectivity index is 1.61. The zero-order valence-corrected chi connectivity index (χ0v) is 15.3. The number of nitrogens with zero attached hydrogens (tertiary/aromatic N) is 2. The molecule has 2 saturated heterocycles. The molecule has 2 fully saturated rings. The second kappa shape index (κ2) is 7.32. The van der Waals surface area contributed by atoms with Crippen LogP contribution >= 0.6 is 0 Å². The number of barbiturate groups is 1. The second-order valence-electron chi connectivity index (χ2n) is 6.57. The van der Waals surface area contributed by atoms with Crippen LogP contribution in [0.2, 0.25) is 0 Å². The van der Waals surface area contributed by atoms with Crippen molar-refractivity contribution in [2.75, 3.05) is 36.1 Å². The number of anilines is 2. The van der Waals surface area contributed by atoms with Crippen molar-refractivity contribution in [3.8, 4) is 0 Å². The number of urea groups is 1. The van der Waals surface area contributed by atoms with Crippen molar-refractivity contribution in [3.63, 3.8) is 0 Å². The van der Waals surface area contributed by atoms with Gasteiger partial charge in [0.15, 0.2) is 5.88 Å². The van der Waals surface area contributed by atoms with Crippen molar-refractivity contribution >= 4 is 35.5 Å². The van der Waals surface area contributed by atoms with Crippen LogP contribution in [0.15, 0.2) is 46.4 Å². The fourth-order valence-corrected chi connectivity index (χ4v) is 3.10. The smallest absolute Gasteiger partial charge is 0.335 e. The van der Waals surface area contributed by atoms with E-state index in [9.17, 15) is 14.4 Å². The van der Waals surface area contributed by atoms with Crippen molar-refractivity contribution < 1.29 is 23.5 Å². The normalized spacial score (nSPS) is 19.3. The monoisotopic (exact) mass is 381 g/mol. The van der Waals surface area contributed by atoms with Crippen molar-refractivity contribution in [3.05, 3.63) is 53.3 Å². The number of carbonyl (C=O) groups is 3. The molecule has 8 heteroatoms. The molecule has 2 aliphatic heterocycles. The van der Waals surface area contributed by atoms with Crippen LogP contribution in [0.25, 0.3) is 6.08 Å². The third-order valence-corrected chi connectivity index (χ3v) is 4.62. The first-order chi connectivity index (χ1) is 13.5. The fourth-order valence-electron chi connectivity index (χ4n) is 3.10. The Bertz CT molecular complexity index is 954. The Morgan fingerprint density at radius 1 is 1.00 bits per heavy atom. The lowest BCUT2D eigenvalue weighted by Crippen LogP contribution is -2.54. The third kappa shape index (κ3) is 3.41. The Morgan fingerprint density at radius 3 is 2.43 bits per heavy atom. The van der Waals surface area contributed by atoms with Crippen molar-refractivity contribution in [2.24, 2.45) is 0 Å². The van der Waals surface area contributed by atoms with Gasteiger partial charge in [-0.05, 0) is 31.2 Å². The molecule has 28 heavy (non-hydrogen) atoms. The van der Waals surface area contributed by atoms with Crippen LogP contribution < -0.4 is 15.1 Å². The van der Waals surface area contributed by atoms with Crippen LogP contribution in [0.4, 0.5) is 16.4 Å². The van der Waals surface area contributed by atoms with Gasteiger partial charge in [-0.2, -0.15) is 0 Å². The predicted molar refractivity (Wildman–Crippen MR) is 102 cm³/mol. The molecule has 0 unspecified atom stereocenters. The average Bonchev–Trinajstić information content (AvgIpc) is 3.16. The van der Waals surface area contributed by atoms with Crippen LogP contribution in [0, 0.1) is 6.92 Å². The van der Waals surface area contributed by atoms with Gasteiger partial charge in [0, 0.05) is 19.2 Å². The van der Waals surface area contributed by atoms with Crippen LogP contribution in [0.1, 0.15) is 11.3 Å². The molecule has 3 heterocycles. The van der Waals surface area contributed by atoms with Gasteiger partial charge in [-0.3, -0.25) is 14.9 Å². The summed E-state index contributed by atoms with van der Waals surface area (Å²) < 4.78 is 11.1. The fraction of sp³-hybridized carbons (Fsp3) is 0.250. The van der Waals surface area contributed by atoms with Crippen molar-refractivity contribution in [2.45, 2.75) is 6.92 Å². The molecule has 2 aliphatic rings. The van der Waals surface area contributed by atoms with Gasteiger partial charge in [0.25, 0.3) is 11.8 Å². The maximum atomic E-state index is 12.9. The zero-order chi connectivity index (χ0) is 19.7. The molecule has 0 saturated carbocycles. The molecular formula is C20H19N3O5. The summed E-state index contributed by atoms with van der Waals surface area (Å²) in [5.41, 5.74) is 1.22. The minimum atomic E-state index is -0.774. The number of imide groups is 2. The summed E-state index contributed by atoms with van der Waals surface area (Å²) in [7, 11) is 0. The van der Waals surface area contributed by atoms with Gasteiger partial charge in [0.2, 0.25) is 0 Å². The van der Waals surface area contributed by atoms with Gasteiger partial charge in [0.1, 0.15) is 11.3 Å². The Kier molecular flexibility index (Phi) is 4.70. The highest BCUT2D eigenvalue weighted by Crippen LogP contribution is 2.25. The van der Waals surface area contributed by atoms with E-state index in [1.165, 1.54) is 6.08 Å². The Labute approximate surface area is 161 Å². The lowest BCUT2D eigenvalue weighted by atomic mass is 10.1. The number of rotatable bonds is 3. The highest BCUT2D eigenvalue weighted by molar-refractivity contribution is 6.39. The highest BCUT2D eigenvalue weighted by atomic mass is 16.5. The SMILES string of the molecule is Cc1ccc(N2C(=O)NC(=O)C(=Cc3ccc(N4CCOCC4)o3)C2=O)cc1. The summed E-state index contributed by atoms with van der Waals surface area (Å²) in [5, 5.41) is 2.20. The largest absolute Gasteiger partial charge is 0.441 e. The Hall–Kier alpha value is -3.39. The van der Waals surface area contributed by atoms with Gasteiger partial charge in [-0.1, -0.05) is 17.7 Å². The molecule has 8 nitrogen and oxygen atoms in total. The van der Waals surface area contributed by atoms with Crippen LogP contribution in [-0.4, -0.2) is 44.1 Å². The molecule has 144 valence electrons. The molecule has 1 N–H and O–H groups in total. The van der Waals surface area contributed by atoms with E-state index in [1.807, 2.05) is 11.8 Å². The standard InChI is InChI=1S/C20H19N3O5/c1-13-2-4-14(5-3-13)23-19(25)16(18(24)21-20(23)26)12-15-6-7-17(28-15)22-8-10-27-11-9-22/h2-7,12H,8-11H2,1H3,(H,21,24,26). The first-order valence-corrected chi connectivity index (χ1v) is 8.93. The van der Waals surface area contributed by atoms with Crippen LogP contribution in [0.5, 0.6) is 0 Å². The minimum absolute atomic E-state index is 0.164. The first kappa shape index (κ1) is 18.0. The van der Waals surface area contributed by atoms with E-state index >= 15 is 0 Å². The quantitative estimate of drug-likeness (QED) is 0.647. The maximum absolute atomic E-state index is 12.9. The second-order valence-corrected chi connectivity index (χ2v) is 6.57. The molecule has 0 atom stereocenters. The van der Waals surface area contributed by atoms with Crippen molar-refractivity contribution in [1.82, 2.24) is 5.32 Å². The van der Waals surface area contributed by atoms with E-state index < -0.39 is 17.8 Å². The molecule has 0 radical (unpaired) electrons. The van der Waals surface area contributed by atoms with E-state index in [0.29, 0.717) is 43.6 Å². The average molecular weight is 381 g/mol. The zero-order valence-electron chi connectivity index (χ0n) is 15.3. The third-order valence-electron chi connectivity index (χ3n) is 4.62. The molecular weight excluding hydrogens is 362 g/mol. The van der Waals surface area contributed by atoms with E-state index in [1.54, 1.807) is 36.4 Å². The molecule has 1 aromatic carbocycles. The molecule has 0 aliphatic carbocycles. The number of carbonyl (C=O) groups excluding carboxylic acids is 3. The van der Waals surface area contributed by atoms with Gasteiger partial charge >= 0.3 is 6.03 Å². The van der Waals surface area contributed by atoms with Crippen LogP contribution in [-0.2, 0) is 14.3 Å². The molecule has 0 bridgehead atoms. The number of amides is 4. The first-order valence-electron chi connectivity index (χ1n) is 8.93. The summed E-state index contributed by atoms with van der Waals surface area (Å²) in [6, 6.07) is 9.59. The van der Waals surface area contributed by atoms with Gasteiger partial charge in [0.05, 0.1) is 18.9 Å². The summed E-state index contributed by atoms with van der Waals surface area (Å²) in [6.07, 6.45) is 1.36. The molecule has 4 amide bonds. The number of benzene rings is 1. The number of ether oxygens (including phenoxy) is 1. The number of nitrogens with one attached hydrogen (secondary N) is 1. The molecule has 4 rings (SSSR count). The summed E-state index contributed by atoms with van der Waals surface area (Å²) in [6.45, 7) is 4.55. The van der Waals surface area contributed by atoms with Crippen LogP contribution in [0.3, 0.4) is 0 Å². The number of morpholine rings is 1. The summed E-state index contributed by atoms with van der Waals surface area (Å²) >= 11 is 0. The lowest BCUT2D eigenvalue weighted by Gasteiger charge is -2.26. The highest BCUT2D eigenvalue weighted by Gasteiger charge is 2.37. The van der Waals surface area contributed by atoms with E-state index in [2.05, 4.69) is 5.32 Å². The molecule has 2 aromatic rings. The van der Waals surface area contributed by atoms with E-state index in [4.69, 9.17) is 9.15 Å². The van der Waals surface area contributed by atoms with Gasteiger partial charge in [-0.15, -0.1) is 0 Å². The van der Waals surface area contributed by atoms with Gasteiger partial charge < -0.3 is 14.1 Å². The maximum Gasteiger partial charge on any atom is 0.335 e. The van der Waals surface area contributed by atoms with E-state index in [-0.39, 0.29) is 5.57 Å². The number of hydrogen-bond donors (Lipinski definition) is 1. The minimum Gasteiger partial charge on any atom is -0.441 e. The summed E-state index contributed by atoms with van der Waals surface area (Å²) in [4.78, 5) is 40.3. The van der Waals surface area contributed by atoms with Crippen molar-refractivity contribution in [1.29, 1.82) is 0 Å². The molecule has 1 aromatic heterocycles. The molecule has 0 spiro atoms. The number of aryl methyl sites for hydroxylation is 1. The number of hydrogen-bond acceptors (Lipinski definition) is 6. The van der Waals surface area contributed by atoms with Gasteiger partial charge in [-0.25, -0.2) is 9.69 Å². The summed E-state index contributed by atoms with van der Waals surface area (Å²) in [5.74, 6) is -0.437. The number of furan rings is 1. The van der Waals surface area contributed by atoms with E-state index in [0.717, 1.165) is 10.5 Å². The lowest BCUT2D eigenvalue weighted by molar-refractivity contribution is -0.122.